The molecule has 0 fully saturated rings. The quantitative estimate of drug-likeness (QED) is 0.155. The lowest BCUT2D eigenvalue weighted by atomic mass is 9.82. The van der Waals surface area contributed by atoms with Crippen LogP contribution in [0.5, 0.6) is 0 Å². The maximum absolute atomic E-state index is 2.46. The molecule has 63 heavy (non-hydrogen) atoms. The van der Waals surface area contributed by atoms with Gasteiger partial charge in [0.25, 0.3) is 0 Å². The van der Waals surface area contributed by atoms with E-state index in [0.717, 1.165) is 17.1 Å². The molecule has 0 radical (unpaired) electrons. The van der Waals surface area contributed by atoms with Gasteiger partial charge in [-0.1, -0.05) is 196 Å². The first-order valence-corrected chi connectivity index (χ1v) is 22.7. The minimum absolute atomic E-state index is 0.0605. The van der Waals surface area contributed by atoms with Crippen LogP contribution in [0, 0.1) is 0 Å². The molecule has 10 aromatic carbocycles. The highest BCUT2D eigenvalue weighted by molar-refractivity contribution is 7.25. The van der Waals surface area contributed by atoms with Crippen LogP contribution in [0.25, 0.3) is 86.6 Å². The van der Waals surface area contributed by atoms with Crippen LogP contribution in [-0.2, 0) is 5.41 Å². The smallest absolute Gasteiger partial charge is 0.0540 e. The molecule has 298 valence electrons. The van der Waals surface area contributed by atoms with Gasteiger partial charge >= 0.3 is 0 Å². The van der Waals surface area contributed by atoms with Crippen molar-refractivity contribution in [3.8, 4) is 55.6 Å². The molecule has 0 atom stereocenters. The fraction of sp³-hybridized carbons (Fsp3) is 0.0492. The van der Waals surface area contributed by atoms with Gasteiger partial charge in [0.15, 0.2) is 0 Å². The van der Waals surface area contributed by atoms with E-state index in [9.17, 15) is 0 Å². The molecular weight excluding hydrogens is 779 g/mol. The summed E-state index contributed by atoms with van der Waals surface area (Å²) >= 11 is 1.87. The molecule has 1 nitrogen and oxygen atoms in total. The number of nitrogens with zero attached hydrogens (tertiary/aromatic N) is 1. The highest BCUT2D eigenvalue weighted by Crippen LogP contribution is 2.53. The van der Waals surface area contributed by atoms with Crippen LogP contribution < -0.4 is 4.90 Å². The van der Waals surface area contributed by atoms with E-state index in [0.29, 0.717) is 0 Å². The zero-order chi connectivity index (χ0) is 42.1. The molecule has 0 N–H and O–H groups in total. The standard InChI is InChI=1S/C61H43NS/c1-61(2)53-30-9-6-24-51(53)59-47(27-15-31-54(59)61)41-35-37-44(38-36-41)62(45-22-12-21-43(39-45)48-28-16-34-57-60(48)52-25-8-11-33-56(52)63-57)55-32-10-7-23-49(55)50-29-14-20-42-19-13-26-46(58(42)50)40-17-4-3-5-18-40/h3-39H,1-2H3. The monoisotopic (exact) mass is 821 g/mol. The third-order valence-electron chi connectivity index (χ3n) is 13.3. The average molecular weight is 822 g/mol. The van der Waals surface area contributed by atoms with E-state index in [4.69, 9.17) is 0 Å². The summed E-state index contributed by atoms with van der Waals surface area (Å²) in [5.41, 5.74) is 18.5. The lowest BCUT2D eigenvalue weighted by Gasteiger charge is -2.29. The Kier molecular flexibility index (Phi) is 8.77. The predicted molar refractivity (Wildman–Crippen MR) is 271 cm³/mol. The SMILES string of the molecule is CC1(C)c2ccccc2-c2c(-c3ccc(N(c4cccc(-c5cccc6sc7ccccc7c56)c4)c4ccccc4-c4cccc5cccc(-c6ccccc6)c45)cc3)cccc21. The molecule has 0 aliphatic heterocycles. The van der Waals surface area contributed by atoms with Crippen molar-refractivity contribution < 1.29 is 0 Å². The number of para-hydroxylation sites is 1. The van der Waals surface area contributed by atoms with E-state index in [1.807, 2.05) is 11.3 Å². The van der Waals surface area contributed by atoms with Gasteiger partial charge in [-0.05, 0) is 114 Å². The summed E-state index contributed by atoms with van der Waals surface area (Å²) in [7, 11) is 0. The maximum Gasteiger partial charge on any atom is 0.0540 e. The van der Waals surface area contributed by atoms with Gasteiger partial charge in [0.1, 0.15) is 0 Å². The van der Waals surface area contributed by atoms with Crippen molar-refractivity contribution in [2.24, 2.45) is 0 Å². The molecule has 1 aromatic heterocycles. The molecule has 2 heteroatoms. The molecule has 0 unspecified atom stereocenters. The Hall–Kier alpha value is -7.52. The summed E-state index contributed by atoms with van der Waals surface area (Å²) in [5.74, 6) is 0. The zero-order valence-corrected chi connectivity index (χ0v) is 36.0. The first kappa shape index (κ1) is 37.3. The maximum atomic E-state index is 2.46. The van der Waals surface area contributed by atoms with E-state index in [1.54, 1.807) is 0 Å². The van der Waals surface area contributed by atoms with Gasteiger partial charge in [-0.25, -0.2) is 0 Å². The van der Waals surface area contributed by atoms with E-state index in [-0.39, 0.29) is 5.41 Å². The molecule has 1 heterocycles. The molecule has 1 aliphatic carbocycles. The topological polar surface area (TPSA) is 3.24 Å². The van der Waals surface area contributed by atoms with E-state index in [2.05, 4.69) is 243 Å². The Morgan fingerprint density at radius 2 is 0.937 bits per heavy atom. The fourth-order valence-corrected chi connectivity index (χ4v) is 11.5. The third-order valence-corrected chi connectivity index (χ3v) is 14.4. The second-order valence-electron chi connectivity index (χ2n) is 17.2. The van der Waals surface area contributed by atoms with Crippen LogP contribution >= 0.6 is 11.3 Å². The van der Waals surface area contributed by atoms with Crippen LogP contribution in [0.4, 0.5) is 17.1 Å². The fourth-order valence-electron chi connectivity index (χ4n) is 10.4. The van der Waals surface area contributed by atoms with Gasteiger partial charge in [-0.2, -0.15) is 0 Å². The van der Waals surface area contributed by atoms with Crippen LogP contribution in [0.2, 0.25) is 0 Å². The summed E-state index contributed by atoms with van der Waals surface area (Å²) in [6.45, 7) is 4.71. The number of hydrogen-bond donors (Lipinski definition) is 0. The summed E-state index contributed by atoms with van der Waals surface area (Å²) < 4.78 is 2.62. The molecule has 0 saturated heterocycles. The van der Waals surface area contributed by atoms with Crippen molar-refractivity contribution >= 4 is 59.3 Å². The van der Waals surface area contributed by atoms with Gasteiger partial charge < -0.3 is 4.90 Å². The molecule has 0 amide bonds. The van der Waals surface area contributed by atoms with Gasteiger partial charge in [0.05, 0.1) is 5.69 Å². The van der Waals surface area contributed by atoms with Crippen LogP contribution in [-0.4, -0.2) is 0 Å². The summed E-state index contributed by atoms with van der Waals surface area (Å²) in [6, 6.07) is 82.9. The largest absolute Gasteiger partial charge is 0.310 e. The van der Waals surface area contributed by atoms with Crippen molar-refractivity contribution in [2.75, 3.05) is 4.90 Å². The Morgan fingerprint density at radius 3 is 1.78 bits per heavy atom. The Morgan fingerprint density at radius 1 is 0.365 bits per heavy atom. The molecule has 0 saturated carbocycles. The zero-order valence-electron chi connectivity index (χ0n) is 35.2. The first-order valence-electron chi connectivity index (χ1n) is 21.8. The van der Waals surface area contributed by atoms with Crippen molar-refractivity contribution in [1.82, 2.24) is 0 Å². The highest BCUT2D eigenvalue weighted by Gasteiger charge is 2.36. The number of hydrogen-bond acceptors (Lipinski definition) is 2. The predicted octanol–water partition coefficient (Wildman–Crippen LogP) is 17.7. The minimum Gasteiger partial charge on any atom is -0.310 e. The molecule has 0 bridgehead atoms. The van der Waals surface area contributed by atoms with Crippen molar-refractivity contribution in [3.05, 3.63) is 236 Å². The Bertz CT molecular complexity index is 3530. The second kappa shape index (κ2) is 14.8. The molecule has 12 rings (SSSR count). The normalized spacial score (nSPS) is 12.7. The van der Waals surface area contributed by atoms with Crippen molar-refractivity contribution in [3.63, 3.8) is 0 Å². The average Bonchev–Trinajstić information content (AvgIpc) is 3.84. The Labute approximate surface area is 372 Å². The van der Waals surface area contributed by atoms with Gasteiger partial charge in [-0.15, -0.1) is 11.3 Å². The number of benzene rings is 10. The van der Waals surface area contributed by atoms with Gasteiger partial charge in [0.2, 0.25) is 0 Å². The van der Waals surface area contributed by atoms with Crippen LogP contribution in [0.1, 0.15) is 25.0 Å². The van der Waals surface area contributed by atoms with Crippen LogP contribution in [0.3, 0.4) is 0 Å². The Balaban J connectivity index is 1.06. The molecule has 1 aliphatic rings. The summed E-state index contributed by atoms with van der Waals surface area (Å²) in [4.78, 5) is 2.46. The molecule has 11 aromatic rings. The summed E-state index contributed by atoms with van der Waals surface area (Å²) in [6.07, 6.45) is 0. The number of anilines is 3. The summed E-state index contributed by atoms with van der Waals surface area (Å²) in [5, 5.41) is 5.09. The number of rotatable bonds is 7. The van der Waals surface area contributed by atoms with Crippen molar-refractivity contribution in [2.45, 2.75) is 19.3 Å². The van der Waals surface area contributed by atoms with E-state index >= 15 is 0 Å². The highest BCUT2D eigenvalue weighted by atomic mass is 32.1. The van der Waals surface area contributed by atoms with E-state index < -0.39 is 0 Å². The van der Waals surface area contributed by atoms with Crippen LogP contribution in [0.15, 0.2) is 224 Å². The number of fused-ring (bicyclic) bond motifs is 7. The van der Waals surface area contributed by atoms with Crippen molar-refractivity contribution in [1.29, 1.82) is 0 Å². The van der Waals surface area contributed by atoms with Gasteiger partial charge in [-0.3, -0.25) is 0 Å². The third kappa shape index (κ3) is 6.05. The minimum atomic E-state index is -0.0605. The number of thiophene rings is 1. The lowest BCUT2D eigenvalue weighted by Crippen LogP contribution is -2.14. The molecular formula is C61H43NS. The molecule has 0 spiro atoms. The second-order valence-corrected chi connectivity index (χ2v) is 18.3. The van der Waals surface area contributed by atoms with Gasteiger partial charge in [0, 0.05) is 42.5 Å². The lowest BCUT2D eigenvalue weighted by molar-refractivity contribution is 0.660. The van der Waals surface area contributed by atoms with E-state index in [1.165, 1.54) is 97.7 Å². The first-order chi connectivity index (χ1) is 31.0.